The molecule has 29 heavy (non-hydrogen) atoms. The minimum absolute atomic E-state index is 0.673. The quantitative estimate of drug-likeness (QED) is 0.632. The second-order valence-corrected chi connectivity index (χ2v) is 8.71. The van der Waals surface area contributed by atoms with Gasteiger partial charge >= 0.3 is 0 Å². The molecule has 1 saturated heterocycles. The lowest BCUT2D eigenvalue weighted by Gasteiger charge is -2.39. The number of rotatable bonds is 2. The number of nitrogens with zero attached hydrogens (tertiary/aromatic N) is 6. The molecule has 5 rings (SSSR count). The van der Waals surface area contributed by atoms with Gasteiger partial charge in [-0.1, -0.05) is 6.07 Å². The van der Waals surface area contributed by atoms with E-state index < -0.39 is 0 Å². The summed E-state index contributed by atoms with van der Waals surface area (Å²) in [6, 6.07) is 6.10. The average molecular weight is 391 g/mol. The molecule has 0 bridgehead atoms. The smallest absolute Gasteiger partial charge is 0.178 e. The van der Waals surface area contributed by atoms with Crippen LogP contribution in [0.3, 0.4) is 0 Å². The summed E-state index contributed by atoms with van der Waals surface area (Å²) in [5.74, 6) is 0.942. The fraction of sp³-hybridized carbons (Fsp3) is 0.409. The summed E-state index contributed by atoms with van der Waals surface area (Å²) in [6.07, 6.45) is 8.18. The van der Waals surface area contributed by atoms with Crippen molar-refractivity contribution in [1.82, 2.24) is 9.61 Å². The monoisotopic (exact) mass is 390 g/mol. The van der Waals surface area contributed by atoms with Gasteiger partial charge in [0.1, 0.15) is 5.69 Å². The Labute approximate surface area is 171 Å². The van der Waals surface area contributed by atoms with Gasteiger partial charge in [0.2, 0.25) is 0 Å². The summed E-state index contributed by atoms with van der Waals surface area (Å²) in [4.78, 5) is 12.0. The van der Waals surface area contributed by atoms with E-state index in [0.29, 0.717) is 5.70 Å². The molecule has 2 aromatic rings. The van der Waals surface area contributed by atoms with Crippen LogP contribution in [0.5, 0.6) is 0 Å². The number of aliphatic imine (C=N–C) groups is 2. The zero-order chi connectivity index (χ0) is 20.0. The number of anilines is 1. The predicted octanol–water partition coefficient (Wildman–Crippen LogP) is 2.32. The van der Waals surface area contributed by atoms with Crippen molar-refractivity contribution in [2.75, 3.05) is 51.7 Å². The van der Waals surface area contributed by atoms with Crippen LogP contribution in [0.4, 0.5) is 11.5 Å². The molecule has 7 nitrogen and oxygen atoms in total. The van der Waals surface area contributed by atoms with Gasteiger partial charge in [0.15, 0.2) is 5.82 Å². The van der Waals surface area contributed by atoms with E-state index in [2.05, 4.69) is 36.1 Å². The first-order valence-electron chi connectivity index (χ1n) is 10.4. The Kier molecular flexibility index (Phi) is 4.28. The second-order valence-electron chi connectivity index (χ2n) is 8.71. The second kappa shape index (κ2) is 6.84. The van der Waals surface area contributed by atoms with Gasteiger partial charge in [0.25, 0.3) is 0 Å². The first-order chi connectivity index (χ1) is 14.0. The minimum atomic E-state index is 0.673. The topological polar surface area (TPSA) is 71.3 Å². The highest BCUT2D eigenvalue weighted by atomic mass is 15.4. The van der Waals surface area contributed by atoms with Gasteiger partial charge in [-0.3, -0.25) is 4.99 Å². The van der Waals surface area contributed by atoms with Gasteiger partial charge < -0.3 is 15.1 Å². The number of quaternary nitrogens is 1. The van der Waals surface area contributed by atoms with E-state index in [9.17, 15) is 0 Å². The van der Waals surface area contributed by atoms with Crippen LogP contribution in [0.1, 0.15) is 12.8 Å². The Morgan fingerprint density at radius 1 is 1.14 bits per heavy atom. The fourth-order valence-electron chi connectivity index (χ4n) is 4.18. The van der Waals surface area contributed by atoms with E-state index in [1.54, 1.807) is 0 Å². The van der Waals surface area contributed by atoms with Gasteiger partial charge in [-0.2, -0.15) is 0 Å². The highest BCUT2D eigenvalue weighted by molar-refractivity contribution is 6.24. The first-order valence-corrected chi connectivity index (χ1v) is 10.4. The molecule has 0 atom stereocenters. The Morgan fingerprint density at radius 3 is 2.79 bits per heavy atom. The van der Waals surface area contributed by atoms with Gasteiger partial charge in [-0.05, 0) is 42.7 Å². The lowest BCUT2D eigenvalue weighted by molar-refractivity contribution is -0.890. The van der Waals surface area contributed by atoms with Crippen LogP contribution in [-0.4, -0.2) is 72.3 Å². The molecule has 2 N–H and O–H groups in total. The summed E-state index contributed by atoms with van der Waals surface area (Å²) in [5.41, 5.74) is 12.0. The molecular weight excluding hydrogens is 362 g/mol. The van der Waals surface area contributed by atoms with E-state index >= 15 is 0 Å². The van der Waals surface area contributed by atoms with Gasteiger partial charge in [-0.25, -0.2) is 9.51 Å². The Bertz CT molecular complexity index is 1070. The molecule has 0 saturated carbocycles. The molecule has 7 heteroatoms. The van der Waals surface area contributed by atoms with Crippen molar-refractivity contribution in [3.05, 3.63) is 47.8 Å². The third-order valence-corrected chi connectivity index (χ3v) is 6.09. The van der Waals surface area contributed by atoms with Crippen LogP contribution >= 0.6 is 0 Å². The van der Waals surface area contributed by atoms with E-state index in [-0.39, 0.29) is 0 Å². The Balaban J connectivity index is 1.59. The van der Waals surface area contributed by atoms with Gasteiger partial charge in [0, 0.05) is 12.7 Å². The van der Waals surface area contributed by atoms with Crippen molar-refractivity contribution in [3.8, 4) is 0 Å². The number of pyridine rings is 1. The maximum absolute atomic E-state index is 6.37. The first kappa shape index (κ1) is 18.1. The molecule has 0 spiro atoms. The molecule has 0 amide bonds. The third kappa shape index (κ3) is 3.35. The summed E-state index contributed by atoms with van der Waals surface area (Å²) in [7, 11) is 4.57. The van der Waals surface area contributed by atoms with E-state index in [4.69, 9.17) is 15.8 Å². The maximum atomic E-state index is 6.37. The van der Waals surface area contributed by atoms with Crippen molar-refractivity contribution >= 4 is 28.4 Å². The molecule has 3 aliphatic rings. The number of nitrogens with two attached hydrogens (primary N) is 1. The van der Waals surface area contributed by atoms with Crippen LogP contribution in [0.15, 0.2) is 57.8 Å². The van der Waals surface area contributed by atoms with Crippen LogP contribution in [0.25, 0.3) is 5.52 Å². The molecular formula is C22H28N7+. The van der Waals surface area contributed by atoms with E-state index in [1.807, 2.05) is 28.9 Å². The van der Waals surface area contributed by atoms with Crippen LogP contribution < -0.4 is 10.6 Å². The van der Waals surface area contributed by atoms with Crippen molar-refractivity contribution in [3.63, 3.8) is 0 Å². The molecule has 150 valence electrons. The summed E-state index contributed by atoms with van der Waals surface area (Å²) in [6.45, 7) is 5.01. The van der Waals surface area contributed by atoms with Crippen molar-refractivity contribution in [2.45, 2.75) is 12.8 Å². The molecule has 4 heterocycles. The van der Waals surface area contributed by atoms with Crippen molar-refractivity contribution in [2.24, 2.45) is 15.7 Å². The summed E-state index contributed by atoms with van der Waals surface area (Å²) in [5, 5.41) is 4.88. The zero-order valence-corrected chi connectivity index (χ0v) is 17.2. The lowest BCUT2D eigenvalue weighted by Crippen LogP contribution is -2.55. The SMILES string of the molecule is C[N+]1(C)CCN(c2nn3ccccc3c2N=C2C=C3CCCN=C3C=C2N)CC1. The Hall–Kier alpha value is -2.93. The highest BCUT2D eigenvalue weighted by Crippen LogP contribution is 2.34. The number of hydrogen-bond acceptors (Lipinski definition) is 5. The van der Waals surface area contributed by atoms with Gasteiger partial charge in [-0.15, -0.1) is 5.10 Å². The number of piperazine rings is 1. The summed E-state index contributed by atoms with van der Waals surface area (Å²) >= 11 is 0. The number of aromatic nitrogens is 2. The standard InChI is InChI=1S/C22H28N7/c1-29(2)12-10-27(11-13-29)22-21(20-7-3-4-9-28(20)26-22)25-19-14-16-6-5-8-24-18(16)15-17(19)23/h3-4,7,9,14-15H,5-6,8,10-13,23H2,1-2H3/q+1. The van der Waals surface area contributed by atoms with Crippen LogP contribution in [-0.2, 0) is 0 Å². The van der Waals surface area contributed by atoms with Crippen molar-refractivity contribution in [1.29, 1.82) is 0 Å². The molecule has 2 aromatic heterocycles. The highest BCUT2D eigenvalue weighted by Gasteiger charge is 2.28. The average Bonchev–Trinajstić information content (AvgIpc) is 3.07. The number of hydrogen-bond donors (Lipinski definition) is 1. The number of fused-ring (bicyclic) bond motifs is 2. The molecule has 1 aliphatic carbocycles. The van der Waals surface area contributed by atoms with Gasteiger partial charge in [0.05, 0.1) is 62.9 Å². The predicted molar refractivity (Wildman–Crippen MR) is 118 cm³/mol. The zero-order valence-electron chi connectivity index (χ0n) is 17.2. The van der Waals surface area contributed by atoms with Crippen LogP contribution in [0.2, 0.25) is 0 Å². The normalized spacial score (nSPS) is 22.9. The maximum Gasteiger partial charge on any atom is 0.178 e. The fourth-order valence-corrected chi connectivity index (χ4v) is 4.18. The molecule has 1 fully saturated rings. The lowest BCUT2D eigenvalue weighted by atomic mass is 9.94. The molecule has 0 aromatic carbocycles. The van der Waals surface area contributed by atoms with E-state index in [0.717, 1.165) is 78.5 Å². The molecule has 2 aliphatic heterocycles. The number of likely N-dealkylation sites (N-methyl/N-ethyl adjacent to an activating group) is 1. The van der Waals surface area contributed by atoms with Crippen LogP contribution in [0, 0.1) is 0 Å². The Morgan fingerprint density at radius 2 is 1.97 bits per heavy atom. The summed E-state index contributed by atoms with van der Waals surface area (Å²) < 4.78 is 2.96. The minimum Gasteiger partial charge on any atom is -0.397 e. The van der Waals surface area contributed by atoms with E-state index in [1.165, 1.54) is 5.57 Å². The molecule has 0 radical (unpaired) electrons. The largest absolute Gasteiger partial charge is 0.397 e. The number of allylic oxidation sites excluding steroid dienone is 3. The van der Waals surface area contributed by atoms with Crippen molar-refractivity contribution < 1.29 is 4.48 Å². The molecule has 0 unspecified atom stereocenters. The third-order valence-electron chi connectivity index (χ3n) is 6.09.